The molecular weight excluding hydrogens is 539 g/mol. The van der Waals surface area contributed by atoms with Crippen molar-refractivity contribution in [3.8, 4) is 0 Å². The summed E-state index contributed by atoms with van der Waals surface area (Å²) in [6.45, 7) is 4.29. The van der Waals surface area contributed by atoms with Crippen LogP contribution in [0.1, 0.15) is 11.4 Å². The molecule has 0 atom stereocenters. The first kappa shape index (κ1) is 27.9. The summed E-state index contributed by atoms with van der Waals surface area (Å²) in [4.78, 5) is 36.1. The van der Waals surface area contributed by atoms with Gasteiger partial charge in [-0.1, -0.05) is 11.6 Å². The van der Waals surface area contributed by atoms with E-state index in [9.17, 15) is 22.8 Å². The van der Waals surface area contributed by atoms with Gasteiger partial charge in [0.1, 0.15) is 17.5 Å². The van der Waals surface area contributed by atoms with E-state index in [1.165, 1.54) is 6.07 Å². The topological polar surface area (TPSA) is 123 Å². The van der Waals surface area contributed by atoms with Crippen molar-refractivity contribution in [1.82, 2.24) is 14.9 Å². The van der Waals surface area contributed by atoms with Crippen molar-refractivity contribution in [3.05, 3.63) is 64.9 Å². The summed E-state index contributed by atoms with van der Waals surface area (Å²) in [6, 6.07) is 10.9. The largest absolute Gasteiger partial charge is 0.480 e. The molecule has 14 heteroatoms. The van der Waals surface area contributed by atoms with Crippen molar-refractivity contribution >= 4 is 52.3 Å². The highest BCUT2D eigenvalue weighted by Crippen LogP contribution is 2.36. The zero-order chi connectivity index (χ0) is 28.2. The van der Waals surface area contributed by atoms with Crippen LogP contribution in [-0.2, 0) is 11.0 Å². The van der Waals surface area contributed by atoms with Gasteiger partial charge in [-0.3, -0.25) is 9.69 Å². The first-order valence-electron chi connectivity index (χ1n) is 11.8. The molecule has 4 rings (SSSR count). The molecule has 0 saturated carbocycles. The van der Waals surface area contributed by atoms with E-state index in [4.69, 9.17) is 16.7 Å². The lowest BCUT2D eigenvalue weighted by Crippen LogP contribution is -2.48. The summed E-state index contributed by atoms with van der Waals surface area (Å²) < 4.78 is 39.1. The van der Waals surface area contributed by atoms with Gasteiger partial charge in [0, 0.05) is 49.3 Å². The molecule has 1 fully saturated rings. The molecule has 10 nitrogen and oxygen atoms in total. The van der Waals surface area contributed by atoms with Gasteiger partial charge < -0.3 is 26.0 Å². The lowest BCUT2D eigenvalue weighted by atomic mass is 10.2. The van der Waals surface area contributed by atoms with Crippen molar-refractivity contribution in [3.63, 3.8) is 0 Å². The normalized spacial score (nSPS) is 14.1. The summed E-state index contributed by atoms with van der Waals surface area (Å²) in [5.74, 6) is 1.00. The number of piperazine rings is 1. The highest BCUT2D eigenvalue weighted by atomic mass is 35.5. The number of urea groups is 1. The predicted molar refractivity (Wildman–Crippen MR) is 142 cm³/mol. The van der Waals surface area contributed by atoms with Crippen LogP contribution in [0.4, 0.5) is 46.7 Å². The van der Waals surface area contributed by atoms with E-state index in [-0.39, 0.29) is 12.2 Å². The molecule has 39 heavy (non-hydrogen) atoms. The number of rotatable bonds is 7. The van der Waals surface area contributed by atoms with Crippen LogP contribution in [0.15, 0.2) is 48.5 Å². The van der Waals surface area contributed by atoms with Gasteiger partial charge in [-0.25, -0.2) is 14.8 Å². The van der Waals surface area contributed by atoms with Crippen molar-refractivity contribution in [2.45, 2.75) is 13.1 Å². The predicted octanol–water partition coefficient (Wildman–Crippen LogP) is 5.05. The summed E-state index contributed by atoms with van der Waals surface area (Å²) in [6.07, 6.45) is -4.64. The van der Waals surface area contributed by atoms with Gasteiger partial charge in [-0.15, -0.1) is 0 Å². The Hall–Kier alpha value is -4.10. The van der Waals surface area contributed by atoms with Gasteiger partial charge in [0.25, 0.3) is 0 Å². The molecule has 0 radical (unpaired) electrons. The third kappa shape index (κ3) is 7.71. The number of carboxylic acids is 1. The minimum Gasteiger partial charge on any atom is -0.480 e. The molecule has 1 aliphatic rings. The molecule has 1 aromatic heterocycles. The number of hydrogen-bond donors (Lipinski definition) is 4. The highest BCUT2D eigenvalue weighted by Gasteiger charge is 2.33. The maximum Gasteiger partial charge on any atom is 0.417 e. The highest BCUT2D eigenvalue weighted by molar-refractivity contribution is 6.31. The second kappa shape index (κ2) is 11.7. The van der Waals surface area contributed by atoms with Crippen LogP contribution < -0.4 is 20.9 Å². The summed E-state index contributed by atoms with van der Waals surface area (Å²) >= 11 is 5.61. The monoisotopic (exact) mass is 563 g/mol. The quantitative estimate of drug-likeness (QED) is 0.315. The molecule has 1 aliphatic heterocycles. The van der Waals surface area contributed by atoms with Crippen molar-refractivity contribution in [2.75, 3.05) is 53.6 Å². The molecule has 2 aromatic carbocycles. The van der Waals surface area contributed by atoms with Gasteiger partial charge in [-0.2, -0.15) is 13.2 Å². The number of nitrogens with one attached hydrogen (secondary N) is 3. The number of carbonyl (C=O) groups excluding carboxylic acids is 1. The Morgan fingerprint density at radius 2 is 1.56 bits per heavy atom. The zero-order valence-electron chi connectivity index (χ0n) is 20.7. The molecule has 4 N–H and O–H groups in total. The van der Waals surface area contributed by atoms with Crippen LogP contribution in [-0.4, -0.2) is 64.7 Å². The maximum atomic E-state index is 13.0. The Bertz CT molecular complexity index is 1350. The number of carboxylic acid groups (broad SMARTS) is 1. The van der Waals surface area contributed by atoms with E-state index in [1.807, 2.05) is 4.90 Å². The molecule has 206 valence electrons. The fourth-order valence-electron chi connectivity index (χ4n) is 4.00. The molecule has 3 aromatic rings. The molecule has 0 unspecified atom stereocenters. The lowest BCUT2D eigenvalue weighted by molar-refractivity contribution is -0.138. The van der Waals surface area contributed by atoms with Crippen LogP contribution in [0.3, 0.4) is 0 Å². The van der Waals surface area contributed by atoms with Gasteiger partial charge in [0.15, 0.2) is 0 Å². The number of halogens is 4. The molecular formula is C25H25ClF3N7O3. The average molecular weight is 564 g/mol. The van der Waals surface area contributed by atoms with Crippen LogP contribution in [0.2, 0.25) is 5.02 Å². The Balaban J connectivity index is 1.35. The number of aliphatic carboxylic acids is 1. The minimum atomic E-state index is -4.64. The second-order valence-electron chi connectivity index (χ2n) is 8.79. The number of amides is 2. The molecule has 2 amide bonds. The first-order valence-corrected chi connectivity index (χ1v) is 12.2. The second-order valence-corrected chi connectivity index (χ2v) is 9.20. The molecule has 1 saturated heterocycles. The summed E-state index contributed by atoms with van der Waals surface area (Å²) in [5, 5.41) is 16.6. The fourth-order valence-corrected chi connectivity index (χ4v) is 4.23. The van der Waals surface area contributed by atoms with Crippen LogP contribution in [0.5, 0.6) is 0 Å². The van der Waals surface area contributed by atoms with Crippen molar-refractivity contribution in [2.24, 2.45) is 0 Å². The Morgan fingerprint density at radius 1 is 0.949 bits per heavy atom. The SMILES string of the molecule is Cc1nc(Nc2ccc(NC(=O)Nc3ccc(Cl)c(C(F)(F)F)c3)cc2)cc(N2CCN(CC(=O)O)CC2)n1. The smallest absolute Gasteiger partial charge is 0.417 e. The van der Waals surface area contributed by atoms with E-state index in [1.54, 1.807) is 37.3 Å². The Morgan fingerprint density at radius 3 is 2.21 bits per heavy atom. The molecule has 2 heterocycles. The third-order valence-corrected chi connectivity index (χ3v) is 6.15. The molecule has 0 spiro atoms. The molecule has 0 bridgehead atoms. The van der Waals surface area contributed by atoms with Gasteiger partial charge >= 0.3 is 18.2 Å². The number of alkyl halides is 3. The standard InChI is InChI=1S/C25H25ClF3N7O3/c1-15-30-21(13-22(31-15)36-10-8-35(9-11-36)14-23(37)38)32-16-2-4-17(5-3-16)33-24(39)34-18-6-7-20(26)19(12-18)25(27,28)29/h2-7,12-13H,8-11,14H2,1H3,(H,37,38)(H,30,31,32)(H2,33,34,39). The van der Waals surface area contributed by atoms with Crippen molar-refractivity contribution in [1.29, 1.82) is 0 Å². The number of benzene rings is 2. The number of hydrogen-bond acceptors (Lipinski definition) is 7. The maximum absolute atomic E-state index is 13.0. The van der Waals surface area contributed by atoms with E-state index in [0.717, 1.165) is 18.0 Å². The van der Waals surface area contributed by atoms with Gasteiger partial charge in [0.2, 0.25) is 0 Å². The number of aryl methyl sites for hydroxylation is 1. The number of anilines is 5. The van der Waals surface area contributed by atoms with E-state index < -0.39 is 28.8 Å². The van der Waals surface area contributed by atoms with E-state index in [2.05, 4.69) is 30.8 Å². The van der Waals surface area contributed by atoms with Crippen LogP contribution in [0.25, 0.3) is 0 Å². The number of aromatic nitrogens is 2. The van der Waals surface area contributed by atoms with Crippen molar-refractivity contribution < 1.29 is 27.9 Å². The summed E-state index contributed by atoms with van der Waals surface area (Å²) in [5.41, 5.74) is 0.00681. The molecule has 0 aliphatic carbocycles. The number of carbonyl (C=O) groups is 2. The van der Waals surface area contributed by atoms with Crippen LogP contribution >= 0.6 is 11.6 Å². The summed E-state index contributed by atoms with van der Waals surface area (Å²) in [7, 11) is 0. The Labute approximate surface area is 226 Å². The van der Waals surface area contributed by atoms with Crippen LogP contribution in [0, 0.1) is 6.92 Å². The third-order valence-electron chi connectivity index (χ3n) is 5.82. The minimum absolute atomic E-state index is 0.01000. The fraction of sp³-hybridized carbons (Fsp3) is 0.280. The lowest BCUT2D eigenvalue weighted by Gasteiger charge is -2.34. The number of nitrogens with zero attached hydrogens (tertiary/aromatic N) is 4. The first-order chi connectivity index (χ1) is 18.5. The zero-order valence-corrected chi connectivity index (χ0v) is 21.5. The van der Waals surface area contributed by atoms with Gasteiger partial charge in [0.05, 0.1) is 17.1 Å². The van der Waals surface area contributed by atoms with E-state index >= 15 is 0 Å². The van der Waals surface area contributed by atoms with E-state index in [0.29, 0.717) is 49.2 Å². The van der Waals surface area contributed by atoms with Gasteiger partial charge in [-0.05, 0) is 49.4 Å². The Kier molecular flexibility index (Phi) is 8.41. The average Bonchev–Trinajstić information content (AvgIpc) is 2.85.